The van der Waals surface area contributed by atoms with Gasteiger partial charge in [-0.1, -0.05) is 39.3 Å². The van der Waals surface area contributed by atoms with Crippen molar-refractivity contribution in [2.45, 2.75) is 47.1 Å². The molecule has 96 valence electrons. The molecule has 0 fully saturated rings. The maximum Gasteiger partial charge on any atom is 0.329 e. The monoisotopic (exact) mass is 258 g/mol. The van der Waals surface area contributed by atoms with E-state index in [-0.39, 0.29) is 22.2 Å². The van der Waals surface area contributed by atoms with Crippen LogP contribution in [0.4, 0.5) is 0 Å². The van der Waals surface area contributed by atoms with Crippen LogP contribution in [0.5, 0.6) is 0 Å². The Balaban J connectivity index is 3.56. The van der Waals surface area contributed by atoms with Gasteiger partial charge in [-0.25, -0.2) is 4.79 Å². The molecule has 1 N–H and O–H groups in total. The lowest BCUT2D eigenvalue weighted by molar-refractivity contribution is 0.249. The summed E-state index contributed by atoms with van der Waals surface area (Å²) in [5.41, 5.74) is -0.443. The number of rotatable bonds is 2. The van der Waals surface area contributed by atoms with E-state index in [0.29, 0.717) is 12.0 Å². The second-order valence-electron chi connectivity index (χ2n) is 5.29. The summed E-state index contributed by atoms with van der Waals surface area (Å²) in [5.74, 6) is 0. The van der Waals surface area contributed by atoms with Crippen molar-refractivity contribution < 1.29 is 0 Å². The predicted octanol–water partition coefficient (Wildman–Crippen LogP) is 2.36. The van der Waals surface area contributed by atoms with E-state index in [4.69, 9.17) is 11.6 Å². The summed E-state index contributed by atoms with van der Waals surface area (Å²) < 4.78 is 1.25. The molecular formula is C12H19ClN2O2. The van der Waals surface area contributed by atoms with Gasteiger partial charge >= 0.3 is 5.69 Å². The summed E-state index contributed by atoms with van der Waals surface area (Å²) in [7, 11) is 0. The fourth-order valence-corrected chi connectivity index (χ4v) is 1.90. The average molecular weight is 259 g/mol. The SMILES string of the molecule is CCc1c(Cl)[nH]c(=O)n(C(C)C(C)(C)C)c1=O. The van der Waals surface area contributed by atoms with Crippen LogP contribution in [0, 0.1) is 5.41 Å². The molecule has 0 saturated carbocycles. The molecule has 0 bridgehead atoms. The van der Waals surface area contributed by atoms with Gasteiger partial charge in [-0.2, -0.15) is 0 Å². The molecule has 1 atom stereocenters. The number of nitrogens with zero attached hydrogens (tertiary/aromatic N) is 1. The lowest BCUT2D eigenvalue weighted by Gasteiger charge is -2.28. The third kappa shape index (κ3) is 2.63. The molecular weight excluding hydrogens is 240 g/mol. The summed E-state index contributed by atoms with van der Waals surface area (Å²) >= 11 is 5.86. The standard InChI is InChI=1S/C12H19ClN2O2/c1-6-8-9(13)14-11(17)15(10(8)16)7(2)12(3,4)5/h7H,6H2,1-5H3,(H,14,17). The fraction of sp³-hybridized carbons (Fsp3) is 0.667. The molecule has 5 heteroatoms. The molecule has 0 spiro atoms. The minimum absolute atomic E-state index is 0.153. The molecule has 1 aromatic rings. The maximum absolute atomic E-state index is 12.2. The average Bonchev–Trinajstić information content (AvgIpc) is 2.15. The van der Waals surface area contributed by atoms with E-state index in [1.807, 2.05) is 34.6 Å². The molecule has 0 aliphatic carbocycles. The highest BCUT2D eigenvalue weighted by atomic mass is 35.5. The molecule has 1 rings (SSSR count). The van der Waals surface area contributed by atoms with E-state index in [1.165, 1.54) is 4.57 Å². The highest BCUT2D eigenvalue weighted by Gasteiger charge is 2.25. The van der Waals surface area contributed by atoms with E-state index >= 15 is 0 Å². The lowest BCUT2D eigenvalue weighted by Crippen LogP contribution is -2.42. The third-order valence-electron chi connectivity index (χ3n) is 3.17. The number of aromatic nitrogens is 2. The number of nitrogens with one attached hydrogen (secondary N) is 1. The van der Waals surface area contributed by atoms with E-state index in [2.05, 4.69) is 4.98 Å². The Labute approximate surface area is 106 Å². The van der Waals surface area contributed by atoms with Crippen molar-refractivity contribution in [3.63, 3.8) is 0 Å². The number of H-pyrrole nitrogens is 1. The summed E-state index contributed by atoms with van der Waals surface area (Å²) in [6.07, 6.45) is 0.505. The van der Waals surface area contributed by atoms with Crippen molar-refractivity contribution in [1.82, 2.24) is 9.55 Å². The zero-order chi connectivity index (χ0) is 13.4. The molecule has 17 heavy (non-hydrogen) atoms. The first-order valence-electron chi connectivity index (χ1n) is 5.73. The lowest BCUT2D eigenvalue weighted by atomic mass is 9.88. The van der Waals surface area contributed by atoms with Gasteiger partial charge in [-0.15, -0.1) is 0 Å². The highest BCUT2D eigenvalue weighted by molar-refractivity contribution is 6.30. The first-order chi connectivity index (χ1) is 7.70. The molecule has 0 aliphatic heterocycles. The Morgan fingerprint density at radius 1 is 1.35 bits per heavy atom. The first kappa shape index (κ1) is 14.0. The van der Waals surface area contributed by atoms with Crippen LogP contribution in [-0.4, -0.2) is 9.55 Å². The van der Waals surface area contributed by atoms with Crippen molar-refractivity contribution in [3.8, 4) is 0 Å². The Morgan fingerprint density at radius 2 is 1.88 bits per heavy atom. The van der Waals surface area contributed by atoms with Crippen molar-refractivity contribution in [2.24, 2.45) is 5.41 Å². The van der Waals surface area contributed by atoms with Crippen LogP contribution in [0.3, 0.4) is 0 Å². The number of aromatic amines is 1. The molecule has 0 amide bonds. The summed E-state index contributed by atoms with van der Waals surface area (Å²) in [6, 6.07) is -0.193. The van der Waals surface area contributed by atoms with E-state index in [0.717, 1.165) is 0 Å². The molecule has 0 radical (unpaired) electrons. The molecule has 1 unspecified atom stereocenters. The molecule has 1 aromatic heterocycles. The highest BCUT2D eigenvalue weighted by Crippen LogP contribution is 2.27. The second-order valence-corrected chi connectivity index (χ2v) is 5.67. The second kappa shape index (κ2) is 4.69. The van der Waals surface area contributed by atoms with Crippen molar-refractivity contribution in [1.29, 1.82) is 0 Å². The Kier molecular flexibility index (Phi) is 3.87. The smallest absolute Gasteiger partial charge is 0.297 e. The van der Waals surface area contributed by atoms with Crippen LogP contribution in [0.25, 0.3) is 0 Å². The van der Waals surface area contributed by atoms with Crippen molar-refractivity contribution in [2.75, 3.05) is 0 Å². The number of halogens is 1. The maximum atomic E-state index is 12.2. The van der Waals surface area contributed by atoms with E-state index < -0.39 is 5.69 Å². The van der Waals surface area contributed by atoms with Crippen molar-refractivity contribution in [3.05, 3.63) is 31.6 Å². The van der Waals surface area contributed by atoms with Crippen LogP contribution in [0.2, 0.25) is 5.15 Å². The molecule has 0 aliphatic rings. The Morgan fingerprint density at radius 3 is 2.29 bits per heavy atom. The van der Waals surface area contributed by atoms with Gasteiger partial charge in [0.25, 0.3) is 5.56 Å². The van der Waals surface area contributed by atoms with Crippen LogP contribution in [0.15, 0.2) is 9.59 Å². The Hall–Kier alpha value is -1.03. The number of hydrogen-bond acceptors (Lipinski definition) is 2. The number of hydrogen-bond donors (Lipinski definition) is 1. The molecule has 1 heterocycles. The minimum atomic E-state index is -0.445. The van der Waals surface area contributed by atoms with Gasteiger partial charge in [0.05, 0.1) is 5.56 Å². The zero-order valence-electron chi connectivity index (χ0n) is 10.9. The zero-order valence-corrected chi connectivity index (χ0v) is 11.7. The quantitative estimate of drug-likeness (QED) is 0.828. The minimum Gasteiger partial charge on any atom is -0.297 e. The van der Waals surface area contributed by atoms with Gasteiger partial charge in [0.1, 0.15) is 5.15 Å². The van der Waals surface area contributed by atoms with E-state index in [9.17, 15) is 9.59 Å². The van der Waals surface area contributed by atoms with Gasteiger partial charge in [-0.05, 0) is 18.8 Å². The fourth-order valence-electron chi connectivity index (χ4n) is 1.61. The molecule has 0 saturated heterocycles. The summed E-state index contributed by atoms with van der Waals surface area (Å²) in [4.78, 5) is 26.6. The van der Waals surface area contributed by atoms with Gasteiger partial charge in [-0.3, -0.25) is 14.3 Å². The topological polar surface area (TPSA) is 54.9 Å². The van der Waals surface area contributed by atoms with Crippen molar-refractivity contribution >= 4 is 11.6 Å². The Bertz CT molecular complexity index is 523. The van der Waals surface area contributed by atoms with Crippen LogP contribution in [-0.2, 0) is 6.42 Å². The van der Waals surface area contributed by atoms with Crippen LogP contribution in [0.1, 0.15) is 46.2 Å². The van der Waals surface area contributed by atoms with Gasteiger partial charge < -0.3 is 0 Å². The summed E-state index contributed by atoms with van der Waals surface area (Å²) in [5, 5.41) is 0.153. The van der Waals surface area contributed by atoms with Crippen LogP contribution < -0.4 is 11.2 Å². The molecule has 0 aromatic carbocycles. The normalized spacial score (nSPS) is 13.8. The van der Waals surface area contributed by atoms with Gasteiger partial charge in [0.15, 0.2) is 0 Å². The van der Waals surface area contributed by atoms with E-state index in [1.54, 1.807) is 0 Å². The third-order valence-corrected chi connectivity index (χ3v) is 3.49. The predicted molar refractivity (Wildman–Crippen MR) is 69.9 cm³/mol. The first-order valence-corrected chi connectivity index (χ1v) is 6.11. The van der Waals surface area contributed by atoms with Gasteiger partial charge in [0, 0.05) is 6.04 Å². The molecule has 4 nitrogen and oxygen atoms in total. The largest absolute Gasteiger partial charge is 0.329 e. The summed E-state index contributed by atoms with van der Waals surface area (Å²) in [6.45, 7) is 9.67. The van der Waals surface area contributed by atoms with Gasteiger partial charge in [0.2, 0.25) is 0 Å². The van der Waals surface area contributed by atoms with Crippen LogP contribution >= 0.6 is 11.6 Å².